The van der Waals surface area contributed by atoms with Crippen LogP contribution < -0.4 is 11.1 Å². The second kappa shape index (κ2) is 6.23. The van der Waals surface area contributed by atoms with Gasteiger partial charge in [0.25, 0.3) is 0 Å². The number of hydrogen-bond donors (Lipinski definition) is 2. The van der Waals surface area contributed by atoms with Crippen LogP contribution in [0.3, 0.4) is 0 Å². The molecule has 1 saturated heterocycles. The summed E-state index contributed by atoms with van der Waals surface area (Å²) < 4.78 is 0. The van der Waals surface area contributed by atoms with Crippen LogP contribution in [0.1, 0.15) is 58.8 Å². The number of carbonyl (C=O) groups is 1. The van der Waals surface area contributed by atoms with E-state index in [-0.39, 0.29) is 5.91 Å². The fraction of sp³-hybridized carbons (Fsp3) is 0.933. The fourth-order valence-electron chi connectivity index (χ4n) is 4.00. The molecular formula is C15H29N3O. The van der Waals surface area contributed by atoms with E-state index < -0.39 is 5.54 Å². The van der Waals surface area contributed by atoms with E-state index >= 15 is 0 Å². The van der Waals surface area contributed by atoms with Crippen molar-refractivity contribution in [2.24, 2.45) is 5.73 Å². The lowest BCUT2D eigenvalue weighted by molar-refractivity contribution is -0.127. The highest BCUT2D eigenvalue weighted by Crippen LogP contribution is 2.34. The zero-order chi connectivity index (χ0) is 13.9. The maximum atomic E-state index is 11.9. The van der Waals surface area contributed by atoms with Crippen molar-refractivity contribution < 1.29 is 4.79 Å². The molecule has 1 aliphatic heterocycles. The van der Waals surface area contributed by atoms with Crippen molar-refractivity contribution in [3.8, 4) is 0 Å². The first kappa shape index (κ1) is 14.8. The molecule has 0 spiro atoms. The zero-order valence-corrected chi connectivity index (χ0v) is 12.5. The van der Waals surface area contributed by atoms with E-state index in [4.69, 9.17) is 5.73 Å². The van der Waals surface area contributed by atoms with Gasteiger partial charge in [-0.15, -0.1) is 0 Å². The maximum absolute atomic E-state index is 11.9. The normalized spacial score (nSPS) is 37.2. The molecule has 3 atom stereocenters. The maximum Gasteiger partial charge on any atom is 0.237 e. The van der Waals surface area contributed by atoms with Gasteiger partial charge in [-0.3, -0.25) is 9.69 Å². The van der Waals surface area contributed by atoms with Crippen LogP contribution in [0, 0.1) is 0 Å². The summed E-state index contributed by atoms with van der Waals surface area (Å²) in [6.45, 7) is 6.38. The summed E-state index contributed by atoms with van der Waals surface area (Å²) in [6, 6.07) is 1.18. The minimum Gasteiger partial charge on any atom is -0.368 e. The minimum absolute atomic E-state index is 0.163. The third-order valence-electron chi connectivity index (χ3n) is 5.04. The lowest BCUT2D eigenvalue weighted by Gasteiger charge is -2.47. The average Bonchev–Trinajstić information content (AvgIpc) is 2.39. The molecule has 0 radical (unpaired) electrons. The molecule has 1 saturated carbocycles. The molecule has 3 N–H and O–H groups in total. The molecule has 4 nitrogen and oxygen atoms in total. The van der Waals surface area contributed by atoms with E-state index in [1.165, 1.54) is 32.2 Å². The number of primary amides is 1. The highest BCUT2D eigenvalue weighted by molar-refractivity contribution is 5.84. The molecule has 2 rings (SSSR count). The van der Waals surface area contributed by atoms with Crippen molar-refractivity contribution in [2.75, 3.05) is 13.1 Å². The lowest BCUT2D eigenvalue weighted by Crippen LogP contribution is -2.61. The number of nitrogens with zero attached hydrogens (tertiary/aromatic N) is 1. The predicted molar refractivity (Wildman–Crippen MR) is 77.9 cm³/mol. The van der Waals surface area contributed by atoms with Gasteiger partial charge >= 0.3 is 0 Å². The molecule has 1 aliphatic carbocycles. The number of likely N-dealkylation sites (N-methyl/N-ethyl adjacent to an activating group) is 1. The van der Waals surface area contributed by atoms with Gasteiger partial charge in [0, 0.05) is 12.1 Å². The van der Waals surface area contributed by atoms with Crippen molar-refractivity contribution >= 4 is 5.91 Å². The van der Waals surface area contributed by atoms with Gasteiger partial charge in [-0.2, -0.15) is 0 Å². The van der Waals surface area contributed by atoms with Crippen LogP contribution in [-0.4, -0.2) is 41.5 Å². The van der Waals surface area contributed by atoms with Gasteiger partial charge in [-0.25, -0.2) is 0 Å². The topological polar surface area (TPSA) is 58.4 Å². The molecule has 3 unspecified atom stereocenters. The van der Waals surface area contributed by atoms with Gasteiger partial charge in [0.1, 0.15) is 0 Å². The smallest absolute Gasteiger partial charge is 0.237 e. The van der Waals surface area contributed by atoms with E-state index in [2.05, 4.69) is 24.1 Å². The molecule has 4 heteroatoms. The van der Waals surface area contributed by atoms with Gasteiger partial charge in [0.15, 0.2) is 0 Å². The molecule has 110 valence electrons. The molecule has 2 fully saturated rings. The Morgan fingerprint density at radius 1 is 1.37 bits per heavy atom. The summed E-state index contributed by atoms with van der Waals surface area (Å²) in [5.74, 6) is -0.163. The summed E-state index contributed by atoms with van der Waals surface area (Å²) in [7, 11) is 0. The minimum atomic E-state index is -0.463. The molecule has 0 bridgehead atoms. The molecule has 2 aliphatic rings. The Bertz CT molecular complexity index is 317. The van der Waals surface area contributed by atoms with E-state index in [1.807, 2.05) is 0 Å². The molecule has 19 heavy (non-hydrogen) atoms. The molecule has 1 heterocycles. The lowest BCUT2D eigenvalue weighted by atomic mass is 9.77. The Hall–Kier alpha value is -0.610. The highest BCUT2D eigenvalue weighted by Gasteiger charge is 2.43. The van der Waals surface area contributed by atoms with Crippen LogP contribution in [0.5, 0.6) is 0 Å². The Morgan fingerprint density at radius 2 is 2.16 bits per heavy atom. The number of nitrogens with two attached hydrogens (primary N) is 1. The fourth-order valence-corrected chi connectivity index (χ4v) is 4.00. The molecule has 0 aromatic heterocycles. The van der Waals surface area contributed by atoms with Crippen LogP contribution in [0.4, 0.5) is 0 Å². The first-order valence-electron chi connectivity index (χ1n) is 7.90. The summed E-state index contributed by atoms with van der Waals surface area (Å²) in [6.07, 6.45) is 8.04. The van der Waals surface area contributed by atoms with E-state index in [9.17, 15) is 4.79 Å². The van der Waals surface area contributed by atoms with Crippen molar-refractivity contribution in [1.29, 1.82) is 0 Å². The monoisotopic (exact) mass is 267 g/mol. The number of likely N-dealkylation sites (tertiary alicyclic amines) is 1. The first-order chi connectivity index (χ1) is 9.09. The Labute approximate surface area is 117 Å². The van der Waals surface area contributed by atoms with Crippen molar-refractivity contribution in [1.82, 2.24) is 10.2 Å². The van der Waals surface area contributed by atoms with Crippen LogP contribution in [0.2, 0.25) is 0 Å². The van der Waals surface area contributed by atoms with Crippen LogP contribution in [0.25, 0.3) is 0 Å². The second-order valence-corrected chi connectivity index (χ2v) is 6.31. The van der Waals surface area contributed by atoms with Gasteiger partial charge in [0.05, 0.1) is 5.54 Å². The van der Waals surface area contributed by atoms with Crippen LogP contribution in [0.15, 0.2) is 0 Å². The Balaban J connectivity index is 2.08. The van der Waals surface area contributed by atoms with Gasteiger partial charge in [0.2, 0.25) is 5.91 Å². The zero-order valence-electron chi connectivity index (χ0n) is 12.5. The number of amides is 1. The second-order valence-electron chi connectivity index (χ2n) is 6.31. The summed E-state index contributed by atoms with van der Waals surface area (Å²) >= 11 is 0. The number of nitrogens with one attached hydrogen (secondary N) is 1. The third kappa shape index (κ3) is 3.11. The summed E-state index contributed by atoms with van der Waals surface area (Å²) in [5, 5.41) is 3.38. The molecule has 0 aromatic carbocycles. The van der Waals surface area contributed by atoms with Crippen molar-refractivity contribution in [3.05, 3.63) is 0 Å². The predicted octanol–water partition coefficient (Wildman–Crippen LogP) is 1.64. The highest BCUT2D eigenvalue weighted by atomic mass is 16.1. The Morgan fingerprint density at radius 3 is 2.79 bits per heavy atom. The quantitative estimate of drug-likeness (QED) is 0.814. The van der Waals surface area contributed by atoms with Crippen molar-refractivity contribution in [3.63, 3.8) is 0 Å². The van der Waals surface area contributed by atoms with Gasteiger partial charge < -0.3 is 11.1 Å². The number of rotatable bonds is 4. The van der Waals surface area contributed by atoms with Crippen LogP contribution >= 0.6 is 0 Å². The van der Waals surface area contributed by atoms with Gasteiger partial charge in [-0.05, 0) is 58.5 Å². The number of carbonyl (C=O) groups excluding carboxylic acids is 1. The van der Waals surface area contributed by atoms with Crippen molar-refractivity contribution in [2.45, 2.75) is 76.4 Å². The first-order valence-corrected chi connectivity index (χ1v) is 7.90. The largest absolute Gasteiger partial charge is 0.368 e. The SMILES string of the molecule is CCNC1(C(N)=O)CCCC(N2CCCCC2C)C1. The third-order valence-corrected chi connectivity index (χ3v) is 5.04. The van der Waals surface area contributed by atoms with E-state index in [0.29, 0.717) is 12.1 Å². The molecular weight excluding hydrogens is 238 g/mol. The van der Waals surface area contributed by atoms with Gasteiger partial charge in [-0.1, -0.05) is 13.3 Å². The summed E-state index contributed by atoms with van der Waals surface area (Å²) in [5.41, 5.74) is 5.23. The molecule has 1 amide bonds. The van der Waals surface area contributed by atoms with Crippen LogP contribution in [-0.2, 0) is 4.79 Å². The van der Waals surface area contributed by atoms with E-state index in [0.717, 1.165) is 25.8 Å². The standard InChI is InChI=1S/C15H29N3O/c1-3-17-15(14(16)19)9-6-8-13(11-15)18-10-5-4-7-12(18)2/h12-13,17H,3-11H2,1-2H3,(H2,16,19). The average molecular weight is 267 g/mol. The summed E-state index contributed by atoms with van der Waals surface area (Å²) in [4.78, 5) is 14.5. The van der Waals surface area contributed by atoms with E-state index in [1.54, 1.807) is 0 Å². The Kier molecular flexibility index (Phi) is 4.85. The number of hydrogen-bond acceptors (Lipinski definition) is 3. The molecule has 0 aromatic rings. The number of piperidine rings is 1.